The van der Waals surface area contributed by atoms with E-state index in [-0.39, 0.29) is 15.6 Å². The number of aryl methyl sites for hydroxylation is 1. The van der Waals surface area contributed by atoms with Crippen LogP contribution in [-0.4, -0.2) is 28.0 Å². The largest absolute Gasteiger partial charge is 0.495 e. The van der Waals surface area contributed by atoms with Gasteiger partial charge in [-0.15, -0.1) is 0 Å². The minimum Gasteiger partial charge on any atom is -0.495 e. The van der Waals surface area contributed by atoms with Gasteiger partial charge in [-0.25, -0.2) is 8.42 Å². The number of hydrogen-bond donors (Lipinski definition) is 0. The van der Waals surface area contributed by atoms with Crippen molar-refractivity contribution in [2.24, 2.45) is 0 Å². The molecule has 0 aliphatic carbocycles. The second-order valence-electron chi connectivity index (χ2n) is 6.54. The second-order valence-corrected chi connectivity index (χ2v) is 9.65. The Morgan fingerprint density at radius 1 is 1.03 bits per heavy atom. The maximum Gasteiger partial charge on any atom is 0.278 e. The monoisotopic (exact) mass is 523 g/mol. The predicted octanol–water partition coefficient (Wildman–Crippen LogP) is 5.22. The van der Waals surface area contributed by atoms with E-state index in [1.165, 1.54) is 37.4 Å². The molecule has 0 fully saturated rings. The summed E-state index contributed by atoms with van der Waals surface area (Å²) in [5.41, 5.74) is 0.971. The quantitative estimate of drug-likeness (QED) is 0.424. The van der Waals surface area contributed by atoms with Crippen LogP contribution >= 0.6 is 27.5 Å². The van der Waals surface area contributed by atoms with Crippen molar-refractivity contribution in [1.82, 2.24) is 0 Å². The third-order valence-electron chi connectivity index (χ3n) is 4.33. The van der Waals surface area contributed by atoms with Crippen molar-refractivity contribution < 1.29 is 22.7 Å². The molecule has 0 saturated heterocycles. The SMILES string of the molecule is COc1ccc(N(C(=O)COc2ccc(Br)cc2)S(=O)(=O)c2ccc(C)cc2)cc1Cl. The number of methoxy groups -OCH3 is 1. The van der Waals surface area contributed by atoms with E-state index in [9.17, 15) is 13.2 Å². The zero-order chi connectivity index (χ0) is 22.6. The first-order valence-corrected chi connectivity index (χ1v) is 11.7. The second kappa shape index (κ2) is 9.72. The van der Waals surface area contributed by atoms with Gasteiger partial charge in [0.25, 0.3) is 15.9 Å². The van der Waals surface area contributed by atoms with E-state index >= 15 is 0 Å². The Kier molecular flexibility index (Phi) is 7.25. The van der Waals surface area contributed by atoms with Gasteiger partial charge in [0.05, 0.1) is 22.7 Å². The summed E-state index contributed by atoms with van der Waals surface area (Å²) in [6, 6.07) is 17.4. The number of benzene rings is 3. The van der Waals surface area contributed by atoms with Crippen molar-refractivity contribution in [2.75, 3.05) is 18.0 Å². The number of anilines is 1. The van der Waals surface area contributed by atoms with E-state index in [1.54, 1.807) is 36.4 Å². The lowest BCUT2D eigenvalue weighted by Crippen LogP contribution is -2.40. The van der Waals surface area contributed by atoms with Crippen LogP contribution in [0.3, 0.4) is 0 Å². The Labute approximate surface area is 194 Å². The average Bonchev–Trinajstić information content (AvgIpc) is 2.74. The first-order valence-electron chi connectivity index (χ1n) is 9.09. The molecule has 0 aliphatic heterocycles. The lowest BCUT2D eigenvalue weighted by Gasteiger charge is -2.23. The van der Waals surface area contributed by atoms with Crippen molar-refractivity contribution in [3.05, 3.63) is 81.8 Å². The molecule has 0 N–H and O–H groups in total. The highest BCUT2D eigenvalue weighted by molar-refractivity contribution is 9.10. The minimum atomic E-state index is -4.22. The van der Waals surface area contributed by atoms with Crippen LogP contribution < -0.4 is 13.8 Å². The van der Waals surface area contributed by atoms with Gasteiger partial charge in [0, 0.05) is 4.47 Å². The highest BCUT2D eigenvalue weighted by Crippen LogP contribution is 2.32. The normalized spacial score (nSPS) is 11.1. The summed E-state index contributed by atoms with van der Waals surface area (Å²) in [7, 11) is -2.78. The molecule has 162 valence electrons. The number of rotatable bonds is 7. The number of sulfonamides is 1. The topological polar surface area (TPSA) is 72.9 Å². The van der Waals surface area contributed by atoms with Crippen molar-refractivity contribution in [1.29, 1.82) is 0 Å². The maximum absolute atomic E-state index is 13.4. The average molecular weight is 525 g/mol. The number of carbonyl (C=O) groups is 1. The Hall–Kier alpha value is -2.55. The Balaban J connectivity index is 1.99. The standard InChI is InChI=1S/C22H19BrClNO5S/c1-15-3-10-19(11-4-15)31(27,28)25(17-7-12-21(29-2)20(24)13-17)22(26)14-30-18-8-5-16(23)6-9-18/h3-13H,14H2,1-2H3. The van der Waals surface area contributed by atoms with Gasteiger partial charge in [0.15, 0.2) is 6.61 Å². The third kappa shape index (κ3) is 5.39. The molecule has 3 aromatic rings. The van der Waals surface area contributed by atoms with E-state index in [2.05, 4.69) is 15.9 Å². The smallest absolute Gasteiger partial charge is 0.278 e. The summed E-state index contributed by atoms with van der Waals surface area (Å²) in [5.74, 6) is 0.0124. The number of carbonyl (C=O) groups excluding carboxylic acids is 1. The number of nitrogens with zero attached hydrogens (tertiary/aromatic N) is 1. The molecule has 3 rings (SSSR count). The summed E-state index contributed by atoms with van der Waals surface area (Å²) in [4.78, 5) is 13.0. The summed E-state index contributed by atoms with van der Waals surface area (Å²) >= 11 is 9.51. The van der Waals surface area contributed by atoms with Gasteiger partial charge in [-0.3, -0.25) is 4.79 Å². The fourth-order valence-electron chi connectivity index (χ4n) is 2.75. The molecule has 9 heteroatoms. The number of ether oxygens (including phenoxy) is 2. The van der Waals surface area contributed by atoms with Gasteiger partial charge < -0.3 is 9.47 Å². The fraction of sp³-hybridized carbons (Fsp3) is 0.136. The molecule has 0 radical (unpaired) electrons. The van der Waals surface area contributed by atoms with E-state index in [0.29, 0.717) is 15.8 Å². The first-order chi connectivity index (χ1) is 14.7. The van der Waals surface area contributed by atoms with Gasteiger partial charge in [0.2, 0.25) is 0 Å². The predicted molar refractivity (Wildman–Crippen MR) is 123 cm³/mol. The number of halogens is 2. The van der Waals surface area contributed by atoms with Crippen molar-refractivity contribution in [3.63, 3.8) is 0 Å². The van der Waals surface area contributed by atoms with Gasteiger partial charge >= 0.3 is 0 Å². The summed E-state index contributed by atoms with van der Waals surface area (Å²) in [5, 5.41) is 0.172. The third-order valence-corrected chi connectivity index (χ3v) is 6.92. The molecule has 0 aliphatic rings. The molecule has 0 spiro atoms. The molecule has 6 nitrogen and oxygen atoms in total. The first kappa shape index (κ1) is 23.1. The fourth-order valence-corrected chi connectivity index (χ4v) is 4.67. The zero-order valence-electron chi connectivity index (χ0n) is 16.7. The molecule has 1 amide bonds. The molecule has 0 heterocycles. The summed E-state index contributed by atoms with van der Waals surface area (Å²) in [6.45, 7) is 1.35. The van der Waals surface area contributed by atoms with Crippen LogP contribution in [0.15, 0.2) is 76.1 Å². The minimum absolute atomic E-state index is 0.0259. The van der Waals surface area contributed by atoms with Gasteiger partial charge in [0.1, 0.15) is 11.5 Å². The van der Waals surface area contributed by atoms with Crippen LogP contribution in [0, 0.1) is 6.92 Å². The zero-order valence-corrected chi connectivity index (χ0v) is 19.9. The molecule has 0 bridgehead atoms. The highest BCUT2D eigenvalue weighted by Gasteiger charge is 2.32. The van der Waals surface area contributed by atoms with E-state index in [4.69, 9.17) is 21.1 Å². The number of hydrogen-bond acceptors (Lipinski definition) is 5. The van der Waals surface area contributed by atoms with Crippen LogP contribution in [0.2, 0.25) is 5.02 Å². The summed E-state index contributed by atoms with van der Waals surface area (Å²) in [6.07, 6.45) is 0. The van der Waals surface area contributed by atoms with Gasteiger partial charge in [-0.2, -0.15) is 4.31 Å². The Morgan fingerprint density at radius 2 is 1.68 bits per heavy atom. The molecule has 31 heavy (non-hydrogen) atoms. The van der Waals surface area contributed by atoms with Crippen molar-refractivity contribution in [2.45, 2.75) is 11.8 Å². The van der Waals surface area contributed by atoms with Gasteiger partial charge in [-0.1, -0.05) is 45.2 Å². The Morgan fingerprint density at radius 3 is 2.26 bits per heavy atom. The molecule has 3 aromatic carbocycles. The molecule has 0 saturated carbocycles. The molecular weight excluding hydrogens is 506 g/mol. The van der Waals surface area contributed by atoms with Crippen molar-refractivity contribution in [3.8, 4) is 11.5 Å². The lowest BCUT2D eigenvalue weighted by molar-refractivity contribution is -0.119. The number of amides is 1. The van der Waals surface area contributed by atoms with Crippen LogP contribution in [0.25, 0.3) is 0 Å². The maximum atomic E-state index is 13.4. The molecule has 0 unspecified atom stereocenters. The van der Waals surface area contributed by atoms with E-state index in [1.807, 2.05) is 6.92 Å². The summed E-state index contributed by atoms with van der Waals surface area (Å²) < 4.78 is 38.9. The van der Waals surface area contributed by atoms with Crippen LogP contribution in [-0.2, 0) is 14.8 Å². The van der Waals surface area contributed by atoms with Crippen molar-refractivity contribution >= 4 is 49.1 Å². The van der Waals surface area contributed by atoms with Crippen LogP contribution in [0.5, 0.6) is 11.5 Å². The van der Waals surface area contributed by atoms with E-state index in [0.717, 1.165) is 10.0 Å². The molecule has 0 aromatic heterocycles. The van der Waals surface area contributed by atoms with E-state index < -0.39 is 22.5 Å². The van der Waals surface area contributed by atoms with Crippen LogP contribution in [0.4, 0.5) is 5.69 Å². The highest BCUT2D eigenvalue weighted by atomic mass is 79.9. The molecular formula is C22H19BrClNO5S. The lowest BCUT2D eigenvalue weighted by atomic mass is 10.2. The van der Waals surface area contributed by atoms with Gasteiger partial charge in [-0.05, 0) is 61.5 Å². The molecule has 0 atom stereocenters. The van der Waals surface area contributed by atoms with Crippen LogP contribution in [0.1, 0.15) is 5.56 Å². The Bertz CT molecular complexity index is 1180.